The van der Waals surface area contributed by atoms with E-state index in [9.17, 15) is 13.2 Å². The van der Waals surface area contributed by atoms with Gasteiger partial charge in [-0.3, -0.25) is 0 Å². The molecule has 112 valence electrons. The molecule has 0 saturated carbocycles. The molecule has 0 aromatic heterocycles. The second kappa shape index (κ2) is 7.13. The predicted octanol–water partition coefficient (Wildman–Crippen LogP) is 4.13. The smallest absolute Gasteiger partial charge is 0.387 e. The molecule has 5 heteroatoms. The van der Waals surface area contributed by atoms with E-state index in [-0.39, 0.29) is 17.6 Å². The van der Waals surface area contributed by atoms with Gasteiger partial charge in [0, 0.05) is 0 Å². The molecule has 2 aromatic carbocycles. The van der Waals surface area contributed by atoms with Crippen molar-refractivity contribution in [3.63, 3.8) is 0 Å². The van der Waals surface area contributed by atoms with Gasteiger partial charge in [0.1, 0.15) is 11.6 Å². The van der Waals surface area contributed by atoms with Crippen molar-refractivity contribution < 1.29 is 17.9 Å². The molecule has 1 unspecified atom stereocenters. The van der Waals surface area contributed by atoms with Crippen molar-refractivity contribution in [1.82, 2.24) is 5.32 Å². The topological polar surface area (TPSA) is 21.3 Å². The van der Waals surface area contributed by atoms with Crippen molar-refractivity contribution in [2.24, 2.45) is 0 Å². The highest BCUT2D eigenvalue weighted by molar-refractivity contribution is 5.35. The van der Waals surface area contributed by atoms with Gasteiger partial charge in [0.25, 0.3) is 0 Å². The largest absolute Gasteiger partial charge is 0.435 e. The van der Waals surface area contributed by atoms with E-state index in [2.05, 4.69) is 10.1 Å². The zero-order chi connectivity index (χ0) is 15.2. The Kier molecular flexibility index (Phi) is 5.22. The molecular weight excluding hydrogens is 279 g/mol. The van der Waals surface area contributed by atoms with Crippen molar-refractivity contribution in [1.29, 1.82) is 0 Å². The lowest BCUT2D eigenvalue weighted by Crippen LogP contribution is -2.22. The number of nitrogens with one attached hydrogen (secondary N) is 1. The number of hydrogen-bond acceptors (Lipinski definition) is 2. The average molecular weight is 295 g/mol. The fourth-order valence-corrected chi connectivity index (χ4v) is 2.16. The molecule has 2 aromatic rings. The van der Waals surface area contributed by atoms with E-state index < -0.39 is 6.61 Å². The molecule has 0 amide bonds. The average Bonchev–Trinajstić information content (AvgIpc) is 2.45. The third-order valence-electron chi connectivity index (χ3n) is 3.03. The molecule has 0 aliphatic heterocycles. The van der Waals surface area contributed by atoms with Gasteiger partial charge in [-0.2, -0.15) is 8.78 Å². The Hall–Kier alpha value is -2.01. The SMILES string of the molecule is CCNC(c1ccc(OC(F)F)cc1)c1cccc(F)c1. The molecule has 0 radical (unpaired) electrons. The lowest BCUT2D eigenvalue weighted by Gasteiger charge is -2.19. The quantitative estimate of drug-likeness (QED) is 0.865. The normalized spacial score (nSPS) is 12.4. The summed E-state index contributed by atoms with van der Waals surface area (Å²) in [5.74, 6) is -0.212. The summed E-state index contributed by atoms with van der Waals surface area (Å²) in [7, 11) is 0. The van der Waals surface area contributed by atoms with E-state index in [0.29, 0.717) is 6.54 Å². The molecule has 1 atom stereocenters. The molecule has 0 saturated heterocycles. The predicted molar refractivity (Wildman–Crippen MR) is 75.0 cm³/mol. The number of hydrogen-bond donors (Lipinski definition) is 1. The number of benzene rings is 2. The summed E-state index contributed by atoms with van der Waals surface area (Å²) in [5, 5.41) is 3.25. The summed E-state index contributed by atoms with van der Waals surface area (Å²) in [6.45, 7) is -0.208. The lowest BCUT2D eigenvalue weighted by atomic mass is 9.98. The number of ether oxygens (including phenoxy) is 1. The summed E-state index contributed by atoms with van der Waals surface area (Å²) >= 11 is 0. The molecule has 0 aliphatic carbocycles. The monoisotopic (exact) mass is 295 g/mol. The van der Waals surface area contributed by atoms with Gasteiger partial charge in [-0.15, -0.1) is 0 Å². The fraction of sp³-hybridized carbons (Fsp3) is 0.250. The van der Waals surface area contributed by atoms with Crippen LogP contribution in [0.2, 0.25) is 0 Å². The first-order valence-corrected chi connectivity index (χ1v) is 6.63. The Balaban J connectivity index is 2.26. The minimum atomic E-state index is -2.84. The van der Waals surface area contributed by atoms with E-state index in [4.69, 9.17) is 0 Å². The fourth-order valence-electron chi connectivity index (χ4n) is 2.16. The van der Waals surface area contributed by atoms with Gasteiger partial charge in [0.15, 0.2) is 0 Å². The van der Waals surface area contributed by atoms with Crippen LogP contribution in [0.5, 0.6) is 5.75 Å². The first kappa shape index (κ1) is 15.4. The van der Waals surface area contributed by atoms with Crippen LogP contribution in [0.15, 0.2) is 48.5 Å². The van der Waals surface area contributed by atoms with E-state index in [1.807, 2.05) is 13.0 Å². The summed E-state index contributed by atoms with van der Waals surface area (Å²) in [5.41, 5.74) is 1.63. The van der Waals surface area contributed by atoms with Crippen LogP contribution in [-0.2, 0) is 0 Å². The minimum absolute atomic E-state index is 0.100. The van der Waals surface area contributed by atoms with E-state index in [1.54, 1.807) is 18.2 Å². The number of rotatable bonds is 6. The van der Waals surface area contributed by atoms with Crippen LogP contribution in [0.25, 0.3) is 0 Å². The van der Waals surface area contributed by atoms with Gasteiger partial charge in [-0.25, -0.2) is 4.39 Å². The van der Waals surface area contributed by atoms with Crippen LogP contribution in [0.1, 0.15) is 24.1 Å². The standard InChI is InChI=1S/C16H16F3NO/c1-2-20-15(12-4-3-5-13(17)10-12)11-6-8-14(9-7-11)21-16(18)19/h3-10,15-16,20H,2H2,1H3. The maximum atomic E-state index is 13.4. The molecule has 0 heterocycles. The Labute approximate surface area is 121 Å². The number of alkyl halides is 2. The number of halogens is 3. The summed E-state index contributed by atoms with van der Waals surface area (Å²) in [6, 6.07) is 12.4. The molecule has 2 rings (SSSR count). The van der Waals surface area contributed by atoms with Crippen molar-refractivity contribution in [2.75, 3.05) is 6.54 Å². The maximum absolute atomic E-state index is 13.4. The van der Waals surface area contributed by atoms with Gasteiger partial charge < -0.3 is 10.1 Å². The highest BCUT2D eigenvalue weighted by Gasteiger charge is 2.14. The zero-order valence-corrected chi connectivity index (χ0v) is 11.5. The third kappa shape index (κ3) is 4.23. The summed E-state index contributed by atoms with van der Waals surface area (Å²) < 4.78 is 41.9. The van der Waals surface area contributed by atoms with Gasteiger partial charge in [0.05, 0.1) is 6.04 Å². The van der Waals surface area contributed by atoms with Crippen LogP contribution in [0.4, 0.5) is 13.2 Å². The van der Waals surface area contributed by atoms with Crippen molar-refractivity contribution >= 4 is 0 Å². The summed E-state index contributed by atoms with van der Waals surface area (Å²) in [4.78, 5) is 0. The maximum Gasteiger partial charge on any atom is 0.387 e. The molecular formula is C16H16F3NO. The third-order valence-corrected chi connectivity index (χ3v) is 3.03. The van der Waals surface area contributed by atoms with E-state index in [0.717, 1.165) is 11.1 Å². The van der Waals surface area contributed by atoms with Gasteiger partial charge in [-0.05, 0) is 41.9 Å². The second-order valence-corrected chi connectivity index (χ2v) is 4.49. The molecule has 2 nitrogen and oxygen atoms in total. The Morgan fingerprint density at radius 1 is 1.05 bits per heavy atom. The van der Waals surface area contributed by atoms with Crippen LogP contribution in [0, 0.1) is 5.82 Å². The molecule has 0 fully saturated rings. The van der Waals surface area contributed by atoms with Gasteiger partial charge in [0.2, 0.25) is 0 Å². The molecule has 1 N–H and O–H groups in total. The molecule has 0 spiro atoms. The van der Waals surface area contributed by atoms with E-state index >= 15 is 0 Å². The Bertz CT molecular complexity index is 572. The molecule has 0 bridgehead atoms. The van der Waals surface area contributed by atoms with Gasteiger partial charge in [-0.1, -0.05) is 31.2 Å². The van der Waals surface area contributed by atoms with Crippen LogP contribution in [-0.4, -0.2) is 13.2 Å². The lowest BCUT2D eigenvalue weighted by molar-refractivity contribution is -0.0498. The minimum Gasteiger partial charge on any atom is -0.435 e. The zero-order valence-electron chi connectivity index (χ0n) is 11.5. The van der Waals surface area contributed by atoms with E-state index in [1.165, 1.54) is 24.3 Å². The second-order valence-electron chi connectivity index (χ2n) is 4.49. The highest BCUT2D eigenvalue weighted by Crippen LogP contribution is 2.25. The van der Waals surface area contributed by atoms with Crippen molar-refractivity contribution in [2.45, 2.75) is 19.6 Å². The Morgan fingerprint density at radius 2 is 1.76 bits per heavy atom. The van der Waals surface area contributed by atoms with Crippen LogP contribution >= 0.6 is 0 Å². The molecule has 21 heavy (non-hydrogen) atoms. The van der Waals surface area contributed by atoms with Crippen molar-refractivity contribution in [3.05, 3.63) is 65.5 Å². The highest BCUT2D eigenvalue weighted by atomic mass is 19.3. The Morgan fingerprint density at radius 3 is 2.33 bits per heavy atom. The van der Waals surface area contributed by atoms with Crippen molar-refractivity contribution in [3.8, 4) is 5.75 Å². The molecule has 0 aliphatic rings. The first-order chi connectivity index (χ1) is 10.1. The van der Waals surface area contributed by atoms with Gasteiger partial charge >= 0.3 is 6.61 Å². The van der Waals surface area contributed by atoms with Crippen LogP contribution < -0.4 is 10.1 Å². The van der Waals surface area contributed by atoms with Crippen LogP contribution in [0.3, 0.4) is 0 Å². The summed E-state index contributed by atoms with van der Waals surface area (Å²) in [6.07, 6.45) is 0. The first-order valence-electron chi connectivity index (χ1n) is 6.63.